The van der Waals surface area contributed by atoms with Crippen molar-refractivity contribution in [1.82, 2.24) is 59.2 Å². The van der Waals surface area contributed by atoms with Crippen molar-refractivity contribution in [3.05, 3.63) is 268 Å². The smallest absolute Gasteiger partial charge is 0.417 e. The molecule has 3 aliphatic heterocycles. The summed E-state index contributed by atoms with van der Waals surface area (Å²) in [5.41, 5.74) is 10.1. The number of halogens is 2. The van der Waals surface area contributed by atoms with Crippen LogP contribution in [0.3, 0.4) is 0 Å². The maximum atomic E-state index is 14.3. The fourth-order valence-electron chi connectivity index (χ4n) is 11.8. The summed E-state index contributed by atoms with van der Waals surface area (Å²) in [7, 11) is 0. The number of pyridine rings is 1. The number of benzene rings is 5. The van der Waals surface area contributed by atoms with Crippen LogP contribution in [0.4, 0.5) is 38.3 Å². The number of hydrogen-bond donors (Lipinski definition) is 3. The third kappa shape index (κ3) is 26.4. The number of carbonyl (C=O) groups is 5. The van der Waals surface area contributed by atoms with E-state index in [4.69, 9.17) is 33.9 Å². The molecule has 111 heavy (non-hydrogen) atoms. The van der Waals surface area contributed by atoms with Gasteiger partial charge in [-0.15, -0.1) is 0 Å². The van der Waals surface area contributed by atoms with Crippen LogP contribution in [0.25, 0.3) is 16.1 Å². The Morgan fingerprint density at radius 3 is 1.77 bits per heavy atom. The van der Waals surface area contributed by atoms with Crippen molar-refractivity contribution in [2.24, 2.45) is 0 Å². The molecule has 6 aromatic heterocycles. The summed E-state index contributed by atoms with van der Waals surface area (Å²) < 4.78 is 27.0. The van der Waals surface area contributed by atoms with E-state index in [1.165, 1.54) is 46.5 Å². The Morgan fingerprint density at radius 2 is 1.23 bits per heavy atom. The highest BCUT2D eigenvalue weighted by Gasteiger charge is 2.38. The van der Waals surface area contributed by atoms with Crippen molar-refractivity contribution in [2.75, 3.05) is 78.1 Å². The van der Waals surface area contributed by atoms with Crippen molar-refractivity contribution in [1.29, 1.82) is 10.5 Å². The SMILES string of the molecule is CC(=O)CN(CCC#N)c1ccn(Cc2ccccc2)n1.CC(C)(C)OC(=O)N1Cc2nc(-c3c(F)cccc3C#N)cc(Cl)c2C1=O.Nc1ccn(Cc2ccccc2)n1.O=C1CCCCN(c2ccn(Cc3ccccc3)n2)C1.O=C1CCCCN(c2ccn[nH]2)C1.[C-]#[N+]CCNc1ccn(Cc2ccccc2)n1. The lowest BCUT2D eigenvalue weighted by molar-refractivity contribution is -0.118. The Hall–Kier alpha value is -13.1. The van der Waals surface area contributed by atoms with Crippen LogP contribution in [0, 0.1) is 35.1 Å². The molecule has 0 bridgehead atoms. The summed E-state index contributed by atoms with van der Waals surface area (Å²) in [5, 5.41) is 45.4. The number of anilines is 5. The summed E-state index contributed by atoms with van der Waals surface area (Å²) >= 11 is 6.23. The van der Waals surface area contributed by atoms with E-state index in [0.717, 1.165) is 93.0 Å². The molecule has 2 fully saturated rings. The second-order valence-electron chi connectivity index (χ2n) is 27.1. The number of hydrogen-bond acceptors (Lipinski definition) is 19. The highest BCUT2D eigenvalue weighted by Crippen LogP contribution is 2.35. The Kier molecular flexibility index (Phi) is 31.0. The number of ether oxygens (including phenoxy) is 1. The molecule has 0 unspecified atom stereocenters. The molecule has 0 saturated carbocycles. The van der Waals surface area contributed by atoms with Gasteiger partial charge in [0.1, 0.15) is 34.7 Å². The minimum Gasteiger partial charge on any atom is -0.443 e. The molecule has 0 aliphatic carbocycles. The number of carbonyl (C=O) groups excluding carboxylic acids is 5. The lowest BCUT2D eigenvalue weighted by Gasteiger charge is -2.23. The second-order valence-corrected chi connectivity index (χ2v) is 27.5. The van der Waals surface area contributed by atoms with E-state index in [9.17, 15) is 33.6 Å². The number of amides is 2. The zero-order chi connectivity index (χ0) is 78.9. The van der Waals surface area contributed by atoms with E-state index in [0.29, 0.717) is 69.5 Å². The number of nitrogens with two attached hydrogens (primary N) is 1. The Labute approximate surface area is 650 Å². The molecule has 3 aliphatic rings. The summed E-state index contributed by atoms with van der Waals surface area (Å²) in [5.74, 6) is 3.43. The summed E-state index contributed by atoms with van der Waals surface area (Å²) in [6.45, 7) is 21.0. The van der Waals surface area contributed by atoms with Crippen LogP contribution in [0.5, 0.6) is 0 Å². The first kappa shape index (κ1) is 82.0. The molecule has 5 aromatic carbocycles. The van der Waals surface area contributed by atoms with Gasteiger partial charge in [0.05, 0.1) is 117 Å². The van der Waals surface area contributed by atoms with Gasteiger partial charge in [-0.1, -0.05) is 139 Å². The van der Waals surface area contributed by atoms with Crippen LogP contribution in [-0.2, 0) is 51.8 Å². The average Bonchev–Trinajstić information content (AvgIpc) is 1.65. The van der Waals surface area contributed by atoms with Gasteiger partial charge in [0.15, 0.2) is 23.2 Å². The number of H-pyrrole nitrogens is 1. The number of aromatic amines is 1. The van der Waals surface area contributed by atoms with Gasteiger partial charge in [-0.05, 0) is 99.9 Å². The van der Waals surface area contributed by atoms with Gasteiger partial charge in [0.25, 0.3) is 5.91 Å². The molecule has 9 heterocycles. The molecule has 572 valence electrons. The molecule has 0 spiro atoms. The maximum absolute atomic E-state index is 14.3. The van der Waals surface area contributed by atoms with Crippen molar-refractivity contribution >= 4 is 70.0 Å². The highest BCUT2D eigenvalue weighted by molar-refractivity contribution is 6.35. The molecular weight excluding hydrogens is 1430 g/mol. The molecule has 11 aromatic rings. The standard InChI is InChI=1S/C19H15ClFN3O3.C16H18N4O.C16H19N3O.C13H14N4.C10H11N3.C9H13N3O/c1-19(2,3)27-18(26)24-9-14-16(17(24)25)11(20)7-13(23-14)15-10(8-22)5-4-6-12(15)21;1-14(21)12-19(10-5-9-17)16-8-11-20(18-16)13-15-6-3-2-4-7-15;20-15-8-4-5-10-18(13-15)16-9-11-19(17-16)12-14-6-2-1-3-7-14;1-14-8-9-15-13-7-10-17(16-13)11-12-5-3-2-4-6-12;11-10-6-7-13(12-10)8-9-4-2-1-3-5-9;13-8-3-1-2-6-12(7-8)9-4-5-10-11-9/h4-7H,9H2,1-3H3;2-4,6-8,11H,5,10,12-13H2,1H3;1-3,6-7,9,11H,4-5,8,10,12-13H2;2-7,10H,8-9,11H2,(H,15,16);1-7H,8H2,(H2,11,12);4-5H,1-3,6-7H2,(H,10,11). The molecular formula is C83H90ClFN20O6. The minimum absolute atomic E-state index is 0.00660. The van der Waals surface area contributed by atoms with E-state index in [-0.39, 0.29) is 52.0 Å². The highest BCUT2D eigenvalue weighted by atomic mass is 35.5. The van der Waals surface area contributed by atoms with E-state index in [2.05, 4.69) is 98.0 Å². The number of nitrogens with one attached hydrogen (secondary N) is 2. The lowest BCUT2D eigenvalue weighted by Crippen LogP contribution is -2.36. The van der Waals surface area contributed by atoms with E-state index < -0.39 is 23.4 Å². The third-order valence-corrected chi connectivity index (χ3v) is 17.3. The summed E-state index contributed by atoms with van der Waals surface area (Å²) in [4.78, 5) is 73.6. The van der Waals surface area contributed by atoms with Crippen molar-refractivity contribution in [3.8, 4) is 23.4 Å². The molecule has 4 N–H and O–H groups in total. The quantitative estimate of drug-likeness (QED) is 0.0500. The monoisotopic (exact) mass is 1520 g/mol. The summed E-state index contributed by atoms with van der Waals surface area (Å²) in [6.07, 6.45) is 14.6. The van der Waals surface area contributed by atoms with Crippen LogP contribution < -0.4 is 25.8 Å². The number of nitrogen functional groups attached to an aromatic ring is 1. The Balaban J connectivity index is 0.000000156. The van der Waals surface area contributed by atoms with E-state index >= 15 is 0 Å². The number of nitriles is 2. The molecule has 0 atom stereocenters. The molecule has 14 rings (SSSR count). The zero-order valence-electron chi connectivity index (χ0n) is 62.7. The second kappa shape index (κ2) is 41.9. The van der Waals surface area contributed by atoms with Gasteiger partial charge in [-0.25, -0.2) is 25.6 Å². The van der Waals surface area contributed by atoms with E-state index in [1.54, 1.807) is 40.0 Å². The van der Waals surface area contributed by atoms with Gasteiger partial charge in [-0.3, -0.25) is 43.0 Å². The molecule has 26 nitrogen and oxygen atoms in total. The van der Waals surface area contributed by atoms with Crippen molar-refractivity contribution < 1.29 is 33.1 Å². The largest absolute Gasteiger partial charge is 0.443 e. The Morgan fingerprint density at radius 1 is 0.676 bits per heavy atom. The lowest BCUT2D eigenvalue weighted by atomic mass is 10.0. The van der Waals surface area contributed by atoms with Crippen LogP contribution >= 0.6 is 11.6 Å². The van der Waals surface area contributed by atoms with Crippen LogP contribution in [0.2, 0.25) is 5.02 Å². The van der Waals surface area contributed by atoms with Crippen molar-refractivity contribution in [2.45, 2.75) is 111 Å². The number of fused-ring (bicyclic) bond motifs is 1. The van der Waals surface area contributed by atoms with Gasteiger partial charge in [0.2, 0.25) is 6.54 Å². The number of rotatable bonds is 19. The number of imide groups is 1. The first-order chi connectivity index (χ1) is 53.7. The fraction of sp³-hybridized carbons (Fsp3) is 0.301. The van der Waals surface area contributed by atoms with Gasteiger partial charge in [0, 0.05) is 81.5 Å². The van der Waals surface area contributed by atoms with Crippen molar-refractivity contribution in [3.63, 3.8) is 0 Å². The first-order valence-corrected chi connectivity index (χ1v) is 36.8. The van der Waals surface area contributed by atoms with Gasteiger partial charge in [-0.2, -0.15) is 36.0 Å². The molecule has 0 radical (unpaired) electrons. The topological polar surface area (TPSA) is 310 Å². The summed E-state index contributed by atoms with van der Waals surface area (Å²) in [6, 6.07) is 59.6. The fourth-order valence-corrected chi connectivity index (χ4v) is 12.1. The number of ketones is 3. The first-order valence-electron chi connectivity index (χ1n) is 36.4. The zero-order valence-corrected chi connectivity index (χ0v) is 63.4. The maximum Gasteiger partial charge on any atom is 0.417 e. The normalized spacial score (nSPS) is 13.0. The number of nitrogens with zero attached hydrogens (tertiary/aromatic N) is 17. The molecule has 28 heteroatoms. The molecule has 2 saturated heterocycles. The van der Waals surface area contributed by atoms with E-state index in [1.807, 2.05) is 164 Å². The number of aromatic nitrogens is 11. The predicted molar refractivity (Wildman–Crippen MR) is 425 cm³/mol. The molecule has 2 amide bonds. The van der Waals surface area contributed by atoms with Crippen LogP contribution in [0.15, 0.2) is 207 Å². The van der Waals surface area contributed by atoms with Gasteiger partial charge >= 0.3 is 6.09 Å². The number of Topliss-reactive ketones (excluding diaryl/α,β-unsaturated/α-hetero) is 3. The third-order valence-electron chi connectivity index (χ3n) is 17.0. The predicted octanol–water partition coefficient (Wildman–Crippen LogP) is 13.8. The van der Waals surface area contributed by atoms with Crippen LogP contribution in [0.1, 0.15) is 117 Å². The van der Waals surface area contributed by atoms with Crippen LogP contribution in [-0.4, -0.2) is 147 Å². The van der Waals surface area contributed by atoms with Gasteiger partial charge < -0.3 is 35.3 Å². The average molecular weight is 1520 g/mol. The minimum atomic E-state index is -0.813. The Bertz CT molecular complexity index is 4930.